The zero-order chi connectivity index (χ0) is 12.0. The molecule has 0 atom stereocenters. The number of piperazine rings is 1. The number of hydrogen-bond donors (Lipinski definition) is 1. The third kappa shape index (κ3) is 3.51. The van der Waals surface area contributed by atoms with Gasteiger partial charge >= 0.3 is 0 Å². The molecule has 0 saturated carbocycles. The highest BCUT2D eigenvalue weighted by molar-refractivity contribution is 5.47. The summed E-state index contributed by atoms with van der Waals surface area (Å²) < 4.78 is 0. The summed E-state index contributed by atoms with van der Waals surface area (Å²) in [7, 11) is 0. The third-order valence-electron chi connectivity index (χ3n) is 2.66. The summed E-state index contributed by atoms with van der Waals surface area (Å²) in [6.45, 7) is 9.36. The molecule has 1 fully saturated rings. The fourth-order valence-corrected chi connectivity index (χ4v) is 1.71. The molecule has 0 unspecified atom stereocenters. The van der Waals surface area contributed by atoms with Gasteiger partial charge in [0.2, 0.25) is 0 Å². The van der Waals surface area contributed by atoms with Crippen LogP contribution in [0.1, 0.15) is 19.4 Å². The number of anilines is 1. The first-order valence-corrected chi connectivity index (χ1v) is 6.01. The Bertz CT molecular complexity index is 289. The van der Waals surface area contributed by atoms with E-state index in [1.807, 2.05) is 13.8 Å². The Morgan fingerprint density at radius 1 is 0.938 bits per heavy atom. The molecular formula is C13H22N2O. The predicted molar refractivity (Wildman–Crippen MR) is 68.1 cm³/mol. The maximum absolute atomic E-state index is 9.22. The molecule has 0 amide bonds. The number of nitrogens with zero attached hydrogens (tertiary/aromatic N) is 2. The van der Waals surface area contributed by atoms with Crippen LogP contribution < -0.4 is 4.90 Å². The lowest BCUT2D eigenvalue weighted by atomic mass is 10.2. The highest BCUT2D eigenvalue weighted by Gasteiger charge is 2.14. The molecule has 1 N–H and O–H groups in total. The van der Waals surface area contributed by atoms with Gasteiger partial charge < -0.3 is 10.1 Å². The highest BCUT2D eigenvalue weighted by Crippen LogP contribution is 2.16. The van der Waals surface area contributed by atoms with Gasteiger partial charge in [-0.1, -0.05) is 31.5 Å². The molecule has 90 valence electrons. The zero-order valence-electron chi connectivity index (χ0n) is 10.5. The molecule has 1 heterocycles. The van der Waals surface area contributed by atoms with Gasteiger partial charge in [-0.2, -0.15) is 5.06 Å². The Balaban J connectivity index is 0.000000606. The molecule has 0 radical (unpaired) electrons. The fraction of sp³-hybridized carbons (Fsp3) is 0.538. The van der Waals surface area contributed by atoms with Crippen molar-refractivity contribution in [1.29, 1.82) is 0 Å². The van der Waals surface area contributed by atoms with E-state index in [4.69, 9.17) is 0 Å². The monoisotopic (exact) mass is 222 g/mol. The molecule has 0 bridgehead atoms. The Morgan fingerprint density at radius 3 is 1.94 bits per heavy atom. The summed E-state index contributed by atoms with van der Waals surface area (Å²) in [6, 6.07) is 8.53. The largest absolute Gasteiger partial charge is 0.369 e. The first-order valence-electron chi connectivity index (χ1n) is 6.01. The van der Waals surface area contributed by atoms with E-state index in [9.17, 15) is 5.21 Å². The SMILES string of the molecule is CC.Cc1ccc(N2CCN(O)CC2)cc1. The lowest BCUT2D eigenvalue weighted by molar-refractivity contribution is -0.0935. The van der Waals surface area contributed by atoms with Gasteiger partial charge in [0.1, 0.15) is 0 Å². The summed E-state index contributed by atoms with van der Waals surface area (Å²) >= 11 is 0. The second-order valence-electron chi connectivity index (χ2n) is 3.78. The Kier molecular flexibility index (Phi) is 5.29. The Labute approximate surface area is 98.3 Å². The summed E-state index contributed by atoms with van der Waals surface area (Å²) in [5.74, 6) is 0. The topological polar surface area (TPSA) is 26.7 Å². The van der Waals surface area contributed by atoms with E-state index in [1.54, 1.807) is 0 Å². The molecule has 1 aliphatic heterocycles. The van der Waals surface area contributed by atoms with Crippen LogP contribution in [0.25, 0.3) is 0 Å². The van der Waals surface area contributed by atoms with E-state index < -0.39 is 0 Å². The zero-order valence-corrected chi connectivity index (χ0v) is 10.5. The van der Waals surface area contributed by atoms with Crippen molar-refractivity contribution in [2.24, 2.45) is 0 Å². The van der Waals surface area contributed by atoms with Crippen LogP contribution in [0.15, 0.2) is 24.3 Å². The van der Waals surface area contributed by atoms with Gasteiger partial charge in [0.25, 0.3) is 0 Å². The summed E-state index contributed by atoms with van der Waals surface area (Å²) in [5, 5.41) is 10.6. The van der Waals surface area contributed by atoms with Crippen LogP contribution in [0.2, 0.25) is 0 Å². The van der Waals surface area contributed by atoms with E-state index >= 15 is 0 Å². The molecule has 1 aliphatic rings. The molecule has 1 saturated heterocycles. The minimum atomic E-state index is 0.730. The standard InChI is InChI=1S/C11H16N2O.C2H6/c1-10-2-4-11(5-3-10)12-6-8-13(14)9-7-12;1-2/h2-5,14H,6-9H2,1H3;1-2H3. The second-order valence-corrected chi connectivity index (χ2v) is 3.78. The van der Waals surface area contributed by atoms with Crippen LogP contribution in [0.4, 0.5) is 5.69 Å². The minimum absolute atomic E-state index is 0.730. The lowest BCUT2D eigenvalue weighted by Gasteiger charge is -2.32. The van der Waals surface area contributed by atoms with Crippen molar-refractivity contribution >= 4 is 5.69 Å². The van der Waals surface area contributed by atoms with Crippen molar-refractivity contribution in [3.8, 4) is 0 Å². The average molecular weight is 222 g/mol. The molecule has 1 aromatic rings. The number of aryl methyl sites for hydroxylation is 1. The van der Waals surface area contributed by atoms with Crippen LogP contribution in [0.3, 0.4) is 0 Å². The molecule has 16 heavy (non-hydrogen) atoms. The first kappa shape index (κ1) is 13.0. The van der Waals surface area contributed by atoms with Crippen molar-refractivity contribution in [2.45, 2.75) is 20.8 Å². The normalized spacial score (nSPS) is 16.6. The van der Waals surface area contributed by atoms with Gasteiger partial charge in [-0.3, -0.25) is 0 Å². The third-order valence-corrected chi connectivity index (χ3v) is 2.66. The summed E-state index contributed by atoms with van der Waals surface area (Å²) in [6.07, 6.45) is 0. The average Bonchev–Trinajstić information content (AvgIpc) is 2.34. The summed E-state index contributed by atoms with van der Waals surface area (Å²) in [4.78, 5) is 2.30. The van der Waals surface area contributed by atoms with Crippen molar-refractivity contribution in [2.75, 3.05) is 31.1 Å². The maximum Gasteiger partial charge on any atom is 0.0414 e. The van der Waals surface area contributed by atoms with E-state index in [0.717, 1.165) is 26.2 Å². The first-order chi connectivity index (χ1) is 7.75. The molecule has 3 heteroatoms. The second kappa shape index (κ2) is 6.51. The molecule has 0 aromatic heterocycles. The molecular weight excluding hydrogens is 200 g/mol. The molecule has 1 aromatic carbocycles. The Hall–Kier alpha value is -1.06. The van der Waals surface area contributed by atoms with E-state index in [-0.39, 0.29) is 0 Å². The highest BCUT2D eigenvalue weighted by atomic mass is 16.5. The van der Waals surface area contributed by atoms with E-state index in [1.165, 1.54) is 16.3 Å². The molecule has 0 aliphatic carbocycles. The van der Waals surface area contributed by atoms with Crippen LogP contribution in [-0.2, 0) is 0 Å². The van der Waals surface area contributed by atoms with Gasteiger partial charge in [0.05, 0.1) is 0 Å². The van der Waals surface area contributed by atoms with E-state index in [0.29, 0.717) is 0 Å². The Morgan fingerprint density at radius 2 is 1.44 bits per heavy atom. The van der Waals surface area contributed by atoms with Crippen molar-refractivity contribution in [3.05, 3.63) is 29.8 Å². The van der Waals surface area contributed by atoms with Crippen LogP contribution in [0.5, 0.6) is 0 Å². The number of rotatable bonds is 1. The lowest BCUT2D eigenvalue weighted by Crippen LogP contribution is -2.44. The number of hydrogen-bond acceptors (Lipinski definition) is 3. The molecule has 3 nitrogen and oxygen atoms in total. The maximum atomic E-state index is 9.22. The smallest absolute Gasteiger partial charge is 0.0414 e. The number of hydroxylamine groups is 2. The van der Waals surface area contributed by atoms with Gasteiger partial charge in [0.15, 0.2) is 0 Å². The fourth-order valence-electron chi connectivity index (χ4n) is 1.71. The van der Waals surface area contributed by atoms with Crippen molar-refractivity contribution in [3.63, 3.8) is 0 Å². The van der Waals surface area contributed by atoms with Gasteiger partial charge in [0, 0.05) is 31.9 Å². The van der Waals surface area contributed by atoms with Crippen LogP contribution in [0, 0.1) is 6.92 Å². The molecule has 2 rings (SSSR count). The van der Waals surface area contributed by atoms with Crippen molar-refractivity contribution < 1.29 is 5.21 Å². The quantitative estimate of drug-likeness (QED) is 0.791. The number of benzene rings is 1. The van der Waals surface area contributed by atoms with Crippen LogP contribution in [-0.4, -0.2) is 36.4 Å². The van der Waals surface area contributed by atoms with Gasteiger partial charge in [-0.05, 0) is 19.1 Å². The minimum Gasteiger partial charge on any atom is -0.369 e. The van der Waals surface area contributed by atoms with Gasteiger partial charge in [-0.25, -0.2) is 0 Å². The van der Waals surface area contributed by atoms with Crippen LogP contribution >= 0.6 is 0 Å². The van der Waals surface area contributed by atoms with Gasteiger partial charge in [-0.15, -0.1) is 0 Å². The molecule has 0 spiro atoms. The van der Waals surface area contributed by atoms with E-state index in [2.05, 4.69) is 36.1 Å². The predicted octanol–water partition coefficient (Wildman–Crippen LogP) is 2.53. The van der Waals surface area contributed by atoms with Crippen molar-refractivity contribution in [1.82, 2.24) is 5.06 Å². The summed E-state index contributed by atoms with van der Waals surface area (Å²) in [5.41, 5.74) is 2.54.